The van der Waals surface area contributed by atoms with E-state index < -0.39 is 0 Å². The lowest BCUT2D eigenvalue weighted by Gasteiger charge is -2.41. The highest BCUT2D eigenvalue weighted by Crippen LogP contribution is 2.32. The van der Waals surface area contributed by atoms with Gasteiger partial charge >= 0.3 is 0 Å². The smallest absolute Gasteiger partial charge is 0.0640 e. The average Bonchev–Trinajstić information content (AvgIpc) is 2.34. The van der Waals surface area contributed by atoms with E-state index in [9.17, 15) is 0 Å². The van der Waals surface area contributed by atoms with Crippen LogP contribution in [0.5, 0.6) is 0 Å². The summed E-state index contributed by atoms with van der Waals surface area (Å²) in [5.41, 5.74) is 1.14. The summed E-state index contributed by atoms with van der Waals surface area (Å²) < 4.78 is 1.08. The molecule has 1 saturated heterocycles. The minimum atomic E-state index is 0.468. The van der Waals surface area contributed by atoms with E-state index in [1.54, 1.807) is 0 Å². The molecule has 0 bridgehead atoms. The van der Waals surface area contributed by atoms with Gasteiger partial charge in [-0.1, -0.05) is 41.4 Å². The lowest BCUT2D eigenvalue weighted by Crippen LogP contribution is -2.56. The largest absolute Gasteiger partial charge is 0.365 e. The number of rotatable bonds is 3. The van der Waals surface area contributed by atoms with Crippen molar-refractivity contribution in [2.24, 2.45) is 5.92 Å². The summed E-state index contributed by atoms with van der Waals surface area (Å²) in [6.45, 7) is 8.83. The van der Waals surface area contributed by atoms with Crippen LogP contribution in [0.25, 0.3) is 0 Å². The number of halogens is 2. The molecule has 0 radical (unpaired) electrons. The molecule has 0 spiro atoms. The van der Waals surface area contributed by atoms with E-state index in [-0.39, 0.29) is 0 Å². The van der Waals surface area contributed by atoms with Gasteiger partial charge in [-0.3, -0.25) is 0 Å². The third-order valence-electron chi connectivity index (χ3n) is 3.62. The third kappa shape index (κ3) is 3.87. The highest BCUT2D eigenvalue weighted by molar-refractivity contribution is 9.10. The van der Waals surface area contributed by atoms with E-state index in [2.05, 4.69) is 53.0 Å². The molecule has 1 aliphatic rings. The van der Waals surface area contributed by atoms with Crippen LogP contribution in [0.2, 0.25) is 5.02 Å². The predicted molar refractivity (Wildman–Crippen MR) is 87.2 cm³/mol. The molecule has 2 atom stereocenters. The van der Waals surface area contributed by atoms with E-state index >= 15 is 0 Å². The predicted octanol–water partition coefficient (Wildman–Crippen LogP) is 4.32. The van der Waals surface area contributed by atoms with Crippen molar-refractivity contribution in [2.75, 3.05) is 18.0 Å². The zero-order valence-electron chi connectivity index (χ0n) is 11.8. The molecule has 106 valence electrons. The van der Waals surface area contributed by atoms with E-state index in [0.717, 1.165) is 28.3 Å². The standard InChI is InChI=1S/C15H22BrClN2/c1-10(2)6-13-9-19(11(3)8-18-13)15-7-12(16)4-5-14(15)17/h4-5,7,10-11,13,18H,6,8-9H2,1-3H3. The molecule has 0 saturated carbocycles. The molecule has 1 aliphatic heterocycles. The van der Waals surface area contributed by atoms with Crippen LogP contribution in [0.15, 0.2) is 22.7 Å². The fourth-order valence-electron chi connectivity index (χ4n) is 2.70. The Morgan fingerprint density at radius 2 is 2.21 bits per heavy atom. The van der Waals surface area contributed by atoms with Crippen LogP contribution in [0, 0.1) is 5.92 Å². The number of nitrogens with zero attached hydrogens (tertiary/aromatic N) is 1. The van der Waals surface area contributed by atoms with Crippen LogP contribution in [0.4, 0.5) is 5.69 Å². The van der Waals surface area contributed by atoms with Crippen molar-refractivity contribution in [3.05, 3.63) is 27.7 Å². The summed E-state index contributed by atoms with van der Waals surface area (Å²) >= 11 is 9.90. The van der Waals surface area contributed by atoms with Gasteiger partial charge in [0.1, 0.15) is 0 Å². The van der Waals surface area contributed by atoms with E-state index in [1.807, 2.05) is 12.1 Å². The Hall–Kier alpha value is -0.250. The highest BCUT2D eigenvalue weighted by atomic mass is 79.9. The third-order valence-corrected chi connectivity index (χ3v) is 4.44. The van der Waals surface area contributed by atoms with Crippen molar-refractivity contribution in [2.45, 2.75) is 39.3 Å². The first kappa shape index (κ1) is 15.1. The van der Waals surface area contributed by atoms with Crippen molar-refractivity contribution in [1.29, 1.82) is 0 Å². The zero-order valence-corrected chi connectivity index (χ0v) is 14.1. The minimum Gasteiger partial charge on any atom is -0.365 e. The quantitative estimate of drug-likeness (QED) is 0.878. The SMILES string of the molecule is CC(C)CC1CN(c2cc(Br)ccc2Cl)C(C)CN1. The second-order valence-electron chi connectivity index (χ2n) is 5.83. The molecule has 1 aromatic carbocycles. The minimum absolute atomic E-state index is 0.468. The molecule has 2 unspecified atom stereocenters. The Balaban J connectivity index is 2.18. The number of benzene rings is 1. The Morgan fingerprint density at radius 3 is 2.89 bits per heavy atom. The number of hydrogen-bond donors (Lipinski definition) is 1. The molecule has 0 aromatic heterocycles. The Labute approximate surface area is 129 Å². The zero-order chi connectivity index (χ0) is 14.0. The topological polar surface area (TPSA) is 15.3 Å². The first-order valence-electron chi connectivity index (χ1n) is 6.92. The van der Waals surface area contributed by atoms with Crippen molar-refractivity contribution in [1.82, 2.24) is 5.32 Å². The molecule has 2 nitrogen and oxygen atoms in total. The molecule has 0 amide bonds. The molecule has 0 aliphatic carbocycles. The number of piperazine rings is 1. The monoisotopic (exact) mass is 344 g/mol. The van der Waals surface area contributed by atoms with Crippen molar-refractivity contribution < 1.29 is 0 Å². The van der Waals surface area contributed by atoms with Gasteiger partial charge in [0, 0.05) is 29.6 Å². The molecule has 1 fully saturated rings. The molecule has 4 heteroatoms. The van der Waals surface area contributed by atoms with Crippen molar-refractivity contribution in [3.63, 3.8) is 0 Å². The molecular weight excluding hydrogens is 324 g/mol. The van der Waals surface area contributed by atoms with Crippen LogP contribution in [0.1, 0.15) is 27.2 Å². The van der Waals surface area contributed by atoms with Crippen LogP contribution in [-0.4, -0.2) is 25.2 Å². The molecule has 19 heavy (non-hydrogen) atoms. The maximum absolute atomic E-state index is 6.37. The molecule has 1 N–H and O–H groups in total. The summed E-state index contributed by atoms with van der Waals surface area (Å²) in [6, 6.07) is 7.09. The first-order valence-corrected chi connectivity index (χ1v) is 8.09. The lowest BCUT2D eigenvalue weighted by atomic mass is 9.99. The van der Waals surface area contributed by atoms with Gasteiger partial charge < -0.3 is 10.2 Å². The van der Waals surface area contributed by atoms with Crippen LogP contribution >= 0.6 is 27.5 Å². The molecule has 1 aromatic rings. The fourth-order valence-corrected chi connectivity index (χ4v) is 3.27. The van der Waals surface area contributed by atoms with Crippen LogP contribution in [-0.2, 0) is 0 Å². The summed E-state index contributed by atoms with van der Waals surface area (Å²) in [5, 5.41) is 4.47. The molecular formula is C15H22BrClN2. The number of nitrogens with one attached hydrogen (secondary N) is 1. The van der Waals surface area contributed by atoms with Crippen LogP contribution in [0.3, 0.4) is 0 Å². The first-order chi connectivity index (χ1) is 8.97. The Morgan fingerprint density at radius 1 is 1.47 bits per heavy atom. The maximum Gasteiger partial charge on any atom is 0.0640 e. The Bertz CT molecular complexity index is 436. The van der Waals surface area contributed by atoms with Crippen LogP contribution < -0.4 is 10.2 Å². The average molecular weight is 346 g/mol. The normalized spacial score (nSPS) is 24.0. The highest BCUT2D eigenvalue weighted by Gasteiger charge is 2.26. The molecule has 2 rings (SSSR count). The van der Waals surface area contributed by atoms with Gasteiger partial charge in [-0.2, -0.15) is 0 Å². The van der Waals surface area contributed by atoms with Crippen molar-refractivity contribution >= 4 is 33.2 Å². The lowest BCUT2D eigenvalue weighted by molar-refractivity contribution is 0.356. The van der Waals surface area contributed by atoms with Gasteiger partial charge in [0.15, 0.2) is 0 Å². The van der Waals surface area contributed by atoms with Gasteiger partial charge in [0.2, 0.25) is 0 Å². The van der Waals surface area contributed by atoms with Gasteiger partial charge in [-0.15, -0.1) is 0 Å². The summed E-state index contributed by atoms with van der Waals surface area (Å²) in [7, 11) is 0. The Kier molecular flexibility index (Phi) is 5.15. The summed E-state index contributed by atoms with van der Waals surface area (Å²) in [5.74, 6) is 0.714. The fraction of sp³-hybridized carbons (Fsp3) is 0.600. The van der Waals surface area contributed by atoms with Gasteiger partial charge in [0.25, 0.3) is 0 Å². The van der Waals surface area contributed by atoms with E-state index in [1.165, 1.54) is 6.42 Å². The summed E-state index contributed by atoms with van der Waals surface area (Å²) in [4.78, 5) is 2.43. The second-order valence-corrected chi connectivity index (χ2v) is 7.15. The van der Waals surface area contributed by atoms with Gasteiger partial charge in [-0.05, 0) is 37.5 Å². The van der Waals surface area contributed by atoms with Gasteiger partial charge in [0.05, 0.1) is 10.7 Å². The number of anilines is 1. The van der Waals surface area contributed by atoms with E-state index in [0.29, 0.717) is 18.0 Å². The summed E-state index contributed by atoms with van der Waals surface area (Å²) in [6.07, 6.45) is 1.20. The van der Waals surface area contributed by atoms with E-state index in [4.69, 9.17) is 11.6 Å². The van der Waals surface area contributed by atoms with Gasteiger partial charge in [-0.25, -0.2) is 0 Å². The van der Waals surface area contributed by atoms with Crippen molar-refractivity contribution in [3.8, 4) is 0 Å². The maximum atomic E-state index is 6.37. The molecule has 1 heterocycles. The second kappa shape index (κ2) is 6.47. The number of hydrogen-bond acceptors (Lipinski definition) is 2.